The quantitative estimate of drug-likeness (QED) is 0.901. The second-order valence-electron chi connectivity index (χ2n) is 5.56. The molecular weight excluding hydrogens is 258 g/mol. The first-order valence-corrected chi connectivity index (χ1v) is 7.94. The van der Waals surface area contributed by atoms with Crippen LogP contribution in [0.15, 0.2) is 12.1 Å². The van der Waals surface area contributed by atoms with Gasteiger partial charge in [0, 0.05) is 17.5 Å². The molecule has 1 aromatic rings. The van der Waals surface area contributed by atoms with Crippen molar-refractivity contribution in [2.24, 2.45) is 5.92 Å². The van der Waals surface area contributed by atoms with E-state index >= 15 is 0 Å². The molecule has 1 saturated heterocycles. The molecule has 0 aliphatic carbocycles. The van der Waals surface area contributed by atoms with Crippen molar-refractivity contribution in [1.82, 2.24) is 5.32 Å². The molecule has 2 aliphatic rings. The molecule has 4 heteroatoms. The minimum absolute atomic E-state index is 0.280. The Bertz CT molecular complexity index is 469. The Labute approximate surface area is 119 Å². The molecule has 1 fully saturated rings. The summed E-state index contributed by atoms with van der Waals surface area (Å²) in [7, 11) is 1.75. The van der Waals surface area contributed by atoms with Crippen LogP contribution in [0, 0.1) is 5.92 Å². The highest BCUT2D eigenvalue weighted by atomic mass is 32.2. The maximum absolute atomic E-state index is 5.87. The van der Waals surface area contributed by atoms with Gasteiger partial charge in [0.1, 0.15) is 17.6 Å². The molecule has 0 radical (unpaired) electrons. The van der Waals surface area contributed by atoms with Crippen molar-refractivity contribution in [1.29, 1.82) is 0 Å². The molecule has 1 N–H and O–H groups in total. The van der Waals surface area contributed by atoms with Gasteiger partial charge in [-0.25, -0.2) is 0 Å². The number of ether oxygens (including phenoxy) is 2. The van der Waals surface area contributed by atoms with Crippen molar-refractivity contribution >= 4 is 11.8 Å². The Kier molecular flexibility index (Phi) is 3.63. The SMILES string of the molecule is COc1cc2c(cc1C1NCC(C)CS1)OC(C)C2. The maximum Gasteiger partial charge on any atom is 0.125 e. The molecule has 3 rings (SSSR count). The lowest BCUT2D eigenvalue weighted by Gasteiger charge is -2.28. The van der Waals surface area contributed by atoms with E-state index in [9.17, 15) is 0 Å². The molecule has 0 spiro atoms. The lowest BCUT2D eigenvalue weighted by Crippen LogP contribution is -2.31. The van der Waals surface area contributed by atoms with E-state index in [1.807, 2.05) is 11.8 Å². The number of rotatable bonds is 2. The molecule has 0 amide bonds. The predicted molar refractivity (Wildman–Crippen MR) is 79.2 cm³/mol. The van der Waals surface area contributed by atoms with E-state index < -0.39 is 0 Å². The van der Waals surface area contributed by atoms with E-state index in [1.165, 1.54) is 16.9 Å². The number of methoxy groups -OCH3 is 1. The number of hydrogen-bond donors (Lipinski definition) is 1. The zero-order valence-corrected chi connectivity index (χ0v) is 12.5. The fourth-order valence-corrected chi connectivity index (χ4v) is 3.94. The van der Waals surface area contributed by atoms with Gasteiger partial charge >= 0.3 is 0 Å². The fraction of sp³-hybridized carbons (Fsp3) is 0.600. The third kappa shape index (κ3) is 2.56. The average molecular weight is 279 g/mol. The summed E-state index contributed by atoms with van der Waals surface area (Å²) in [6, 6.07) is 4.31. The van der Waals surface area contributed by atoms with Crippen LogP contribution in [0.25, 0.3) is 0 Å². The highest BCUT2D eigenvalue weighted by Gasteiger charge is 2.27. The third-order valence-corrected chi connectivity index (χ3v) is 5.25. The maximum atomic E-state index is 5.87. The minimum Gasteiger partial charge on any atom is -0.496 e. The molecule has 19 heavy (non-hydrogen) atoms. The lowest BCUT2D eigenvalue weighted by molar-refractivity contribution is 0.254. The van der Waals surface area contributed by atoms with Gasteiger partial charge in [-0.2, -0.15) is 0 Å². The van der Waals surface area contributed by atoms with E-state index in [2.05, 4.69) is 31.3 Å². The summed E-state index contributed by atoms with van der Waals surface area (Å²) in [4.78, 5) is 0. The molecule has 3 atom stereocenters. The molecule has 0 saturated carbocycles. The van der Waals surface area contributed by atoms with Crippen molar-refractivity contribution in [3.8, 4) is 11.5 Å². The number of hydrogen-bond acceptors (Lipinski definition) is 4. The standard InChI is InChI=1S/C15H21NO2S/c1-9-7-16-15(19-8-9)12-6-13-11(4-10(2)18-13)5-14(12)17-3/h5-6,9-10,15-16H,4,7-8H2,1-3H3. The van der Waals surface area contributed by atoms with Crippen LogP contribution in [-0.2, 0) is 6.42 Å². The van der Waals surface area contributed by atoms with Crippen LogP contribution in [-0.4, -0.2) is 25.5 Å². The normalized spacial score (nSPS) is 29.7. The fourth-order valence-electron chi connectivity index (χ4n) is 2.72. The summed E-state index contributed by atoms with van der Waals surface area (Å²) in [5.41, 5.74) is 2.48. The van der Waals surface area contributed by atoms with Crippen LogP contribution in [0.3, 0.4) is 0 Å². The zero-order chi connectivity index (χ0) is 13.4. The summed E-state index contributed by atoms with van der Waals surface area (Å²) in [5.74, 6) is 3.94. The Morgan fingerprint density at radius 1 is 1.37 bits per heavy atom. The molecule has 1 aromatic carbocycles. The van der Waals surface area contributed by atoms with Gasteiger partial charge in [-0.1, -0.05) is 6.92 Å². The zero-order valence-electron chi connectivity index (χ0n) is 11.7. The largest absolute Gasteiger partial charge is 0.496 e. The van der Waals surface area contributed by atoms with Crippen LogP contribution in [0.1, 0.15) is 30.3 Å². The first-order valence-electron chi connectivity index (χ1n) is 6.90. The molecule has 104 valence electrons. The smallest absolute Gasteiger partial charge is 0.125 e. The van der Waals surface area contributed by atoms with Gasteiger partial charge in [-0.05, 0) is 37.3 Å². The van der Waals surface area contributed by atoms with Gasteiger partial charge in [0.25, 0.3) is 0 Å². The summed E-state index contributed by atoms with van der Waals surface area (Å²) >= 11 is 1.95. The van der Waals surface area contributed by atoms with Gasteiger partial charge in [0.05, 0.1) is 12.5 Å². The van der Waals surface area contributed by atoms with Crippen LogP contribution in [0.5, 0.6) is 11.5 Å². The molecule has 0 aromatic heterocycles. The van der Waals surface area contributed by atoms with Crippen molar-refractivity contribution in [2.45, 2.75) is 31.7 Å². The Morgan fingerprint density at radius 2 is 2.21 bits per heavy atom. The summed E-state index contributed by atoms with van der Waals surface area (Å²) in [6.45, 7) is 5.46. The first kappa shape index (κ1) is 13.1. The van der Waals surface area contributed by atoms with Crippen molar-refractivity contribution in [3.05, 3.63) is 23.3 Å². The number of fused-ring (bicyclic) bond motifs is 1. The van der Waals surface area contributed by atoms with E-state index in [-0.39, 0.29) is 6.10 Å². The summed E-state index contributed by atoms with van der Waals surface area (Å²) in [6.07, 6.45) is 1.26. The predicted octanol–water partition coefficient (Wildman–Crippen LogP) is 2.99. The third-order valence-electron chi connectivity index (χ3n) is 3.73. The Morgan fingerprint density at radius 3 is 2.89 bits per heavy atom. The van der Waals surface area contributed by atoms with Crippen LogP contribution in [0.2, 0.25) is 0 Å². The van der Waals surface area contributed by atoms with Crippen LogP contribution < -0.4 is 14.8 Å². The monoisotopic (exact) mass is 279 g/mol. The minimum atomic E-state index is 0.280. The number of benzene rings is 1. The van der Waals surface area contributed by atoms with Crippen LogP contribution in [0.4, 0.5) is 0 Å². The van der Waals surface area contributed by atoms with Crippen molar-refractivity contribution in [3.63, 3.8) is 0 Å². The van der Waals surface area contributed by atoms with E-state index in [0.29, 0.717) is 5.37 Å². The van der Waals surface area contributed by atoms with Gasteiger partial charge in [-0.15, -0.1) is 11.8 Å². The average Bonchev–Trinajstić information content (AvgIpc) is 2.77. The van der Waals surface area contributed by atoms with Gasteiger partial charge in [0.2, 0.25) is 0 Å². The molecular formula is C15H21NO2S. The van der Waals surface area contributed by atoms with E-state index in [1.54, 1.807) is 7.11 Å². The molecule has 0 bridgehead atoms. The lowest BCUT2D eigenvalue weighted by atomic mass is 10.1. The van der Waals surface area contributed by atoms with E-state index in [4.69, 9.17) is 9.47 Å². The second-order valence-corrected chi connectivity index (χ2v) is 6.70. The van der Waals surface area contributed by atoms with Gasteiger partial charge in [0.15, 0.2) is 0 Å². The van der Waals surface area contributed by atoms with Gasteiger partial charge in [-0.3, -0.25) is 0 Å². The molecule has 2 aliphatic heterocycles. The first-order chi connectivity index (χ1) is 9.17. The van der Waals surface area contributed by atoms with Crippen LogP contribution >= 0.6 is 11.8 Å². The summed E-state index contributed by atoms with van der Waals surface area (Å²) in [5, 5.41) is 3.91. The highest BCUT2D eigenvalue weighted by Crippen LogP contribution is 2.42. The Balaban J connectivity index is 1.90. The molecule has 3 unspecified atom stereocenters. The van der Waals surface area contributed by atoms with E-state index in [0.717, 1.165) is 30.4 Å². The molecule has 3 nitrogen and oxygen atoms in total. The Hall–Kier alpha value is -0.870. The number of nitrogens with one attached hydrogen (secondary N) is 1. The van der Waals surface area contributed by atoms with Crippen molar-refractivity contribution < 1.29 is 9.47 Å². The van der Waals surface area contributed by atoms with Crippen molar-refractivity contribution in [2.75, 3.05) is 19.4 Å². The summed E-state index contributed by atoms with van der Waals surface area (Å²) < 4.78 is 11.4. The molecule has 2 heterocycles. The second kappa shape index (κ2) is 5.25. The topological polar surface area (TPSA) is 30.5 Å². The highest BCUT2D eigenvalue weighted by molar-refractivity contribution is 7.99. The number of thioether (sulfide) groups is 1. The van der Waals surface area contributed by atoms with Gasteiger partial charge < -0.3 is 14.8 Å².